The number of nitrogens with one attached hydrogen (secondary N) is 11. The normalized spacial score (nSPS) is 11.9. The number of primary amides is 1. The number of nitrogens with zero attached hydrogens (tertiary/aromatic N) is 3. The van der Waals surface area contributed by atoms with Crippen molar-refractivity contribution in [3.05, 3.63) is 294 Å². The van der Waals surface area contributed by atoms with Gasteiger partial charge in [-0.1, -0.05) is 178 Å². The SMILES string of the molecule is CC(=O)CCC(CCC(C)=O)(CCC(C)=O)NC(=O)c1ccc(NC(=O)OCC2c3ccccc3-c3ccccc32)c(NC(N)=O)c1.CCc1c(CC)c(CNC(=O)Nc2cc(C(=O)NCCCN=[N+]=[N-])ccc2NC(=O)OCC2c3ccccc3-c3ccccc32)c(CC)c(CNC(=O)Nc2cc(C(=O)NC(CCC(C)=O)(CCC(C)=O)CCC(C)=O)ccc2NC(=O)OCC2c3ccccc3-c3ccccc32)c1CC. The zero-order valence-corrected chi connectivity index (χ0v) is 84.5. The third-order valence-electron chi connectivity index (χ3n) is 27.1. The Morgan fingerprint density at radius 2 is 0.585 bits per heavy atom. The molecule has 3 aliphatic rings. The van der Waals surface area contributed by atoms with Crippen molar-refractivity contribution < 1.29 is 86.1 Å². The quantitative estimate of drug-likeness (QED) is 0.00554. The van der Waals surface area contributed by atoms with Gasteiger partial charge < -0.3 is 91.2 Å². The predicted octanol–water partition coefficient (Wildman–Crippen LogP) is 21.4. The van der Waals surface area contributed by atoms with Gasteiger partial charge in [-0.15, -0.1) is 0 Å². The first-order valence-electron chi connectivity index (χ1n) is 49.7. The Labute approximate surface area is 854 Å². The number of azide groups is 1. The number of benzene rings is 10. The minimum absolute atomic E-state index is 0.00722. The van der Waals surface area contributed by atoms with E-state index in [1.807, 2.05) is 166 Å². The van der Waals surface area contributed by atoms with Gasteiger partial charge in [-0.3, -0.25) is 30.3 Å². The maximum atomic E-state index is 14.6. The molecule has 0 fully saturated rings. The largest absolute Gasteiger partial charge is 0.448 e. The summed E-state index contributed by atoms with van der Waals surface area (Å²) in [6.45, 7) is 17.3. The molecule has 12 amide bonds. The number of ketones is 6. The first-order chi connectivity index (χ1) is 70.7. The van der Waals surface area contributed by atoms with Gasteiger partial charge in [0.15, 0.2) is 0 Å². The van der Waals surface area contributed by atoms with Crippen LogP contribution < -0.4 is 64.2 Å². The summed E-state index contributed by atoms with van der Waals surface area (Å²) in [4.78, 5) is 199. The summed E-state index contributed by atoms with van der Waals surface area (Å²) in [5, 5.41) is 34.9. The van der Waals surface area contributed by atoms with Gasteiger partial charge in [-0.25, -0.2) is 28.8 Å². The number of hydrogen-bond acceptors (Lipinski definition) is 19. The zero-order chi connectivity index (χ0) is 106. The maximum Gasteiger partial charge on any atom is 0.411 e. The van der Waals surface area contributed by atoms with E-state index in [1.165, 1.54) is 96.1 Å². The molecule has 766 valence electrons. The van der Waals surface area contributed by atoms with E-state index in [9.17, 15) is 71.9 Å². The molecule has 0 saturated carbocycles. The van der Waals surface area contributed by atoms with Crippen LogP contribution in [0, 0.1) is 0 Å². The average Bonchev–Trinajstić information content (AvgIpc) is 1.63. The van der Waals surface area contributed by atoms with Gasteiger partial charge >= 0.3 is 36.4 Å². The van der Waals surface area contributed by atoms with Crippen molar-refractivity contribution in [1.82, 2.24) is 26.6 Å². The third kappa shape index (κ3) is 28.8. The molecule has 0 saturated heterocycles. The van der Waals surface area contributed by atoms with Crippen LogP contribution in [0.15, 0.2) is 205 Å². The maximum absolute atomic E-state index is 14.6. The Morgan fingerprint density at radius 3 is 0.850 bits per heavy atom. The molecule has 0 unspecified atom stereocenters. The van der Waals surface area contributed by atoms with Crippen molar-refractivity contribution in [2.24, 2.45) is 10.8 Å². The summed E-state index contributed by atoms with van der Waals surface area (Å²) in [5.41, 5.74) is 31.2. The summed E-state index contributed by atoms with van der Waals surface area (Å²) in [5.74, 6) is -2.94. The average molecular weight is 2000 g/mol. The molecular weight excluding hydrogens is 1870 g/mol. The molecule has 33 heteroatoms. The Hall–Kier alpha value is -16.4. The van der Waals surface area contributed by atoms with Crippen LogP contribution in [0.2, 0.25) is 0 Å². The minimum atomic E-state index is -1.13. The molecular formula is C114H127N15O18. The Balaban J connectivity index is 0.000000340. The summed E-state index contributed by atoms with van der Waals surface area (Å²) in [6.07, 6.45) is 2.23. The molecule has 147 heavy (non-hydrogen) atoms. The van der Waals surface area contributed by atoms with Gasteiger partial charge in [0, 0.05) is 115 Å². The van der Waals surface area contributed by atoms with E-state index in [0.29, 0.717) is 32.1 Å². The lowest BCUT2D eigenvalue weighted by molar-refractivity contribution is -0.119. The molecule has 0 heterocycles. The first kappa shape index (κ1) is 109. The van der Waals surface area contributed by atoms with Crippen LogP contribution in [0.5, 0.6) is 0 Å². The molecule has 33 nitrogen and oxygen atoms in total. The topological polar surface area (TPSA) is 491 Å². The van der Waals surface area contributed by atoms with Crippen molar-refractivity contribution in [3.63, 3.8) is 0 Å². The Morgan fingerprint density at radius 1 is 0.327 bits per heavy atom. The summed E-state index contributed by atoms with van der Waals surface area (Å²) in [6, 6.07) is 58.5. The van der Waals surface area contributed by atoms with E-state index < -0.39 is 65.2 Å². The number of Topliss-reactive ketones (excluding diaryl/α,β-unsaturated/α-hetero) is 6. The molecule has 0 aliphatic heterocycles. The molecule has 3 aliphatic carbocycles. The van der Waals surface area contributed by atoms with Gasteiger partial charge in [0.1, 0.15) is 54.5 Å². The number of urea groups is 3. The van der Waals surface area contributed by atoms with Crippen molar-refractivity contribution in [2.75, 3.05) is 64.8 Å². The minimum Gasteiger partial charge on any atom is -0.448 e. The smallest absolute Gasteiger partial charge is 0.411 e. The Kier molecular flexibility index (Phi) is 38.4. The number of fused-ring (bicyclic) bond motifs is 9. The fraction of sp³-hybridized carbons (Fsp3) is 0.342. The van der Waals surface area contributed by atoms with Gasteiger partial charge in [0.2, 0.25) is 0 Å². The molecule has 0 bridgehead atoms. The highest BCUT2D eigenvalue weighted by atomic mass is 16.6. The van der Waals surface area contributed by atoms with E-state index >= 15 is 0 Å². The second kappa shape index (κ2) is 51.7. The lowest BCUT2D eigenvalue weighted by Crippen LogP contribution is -2.49. The number of ether oxygens (including phenoxy) is 3. The number of carbonyl (C=O) groups excluding carboxylic acids is 15. The van der Waals surface area contributed by atoms with Gasteiger partial charge in [-0.05, 0) is 272 Å². The van der Waals surface area contributed by atoms with Crippen LogP contribution >= 0.6 is 0 Å². The van der Waals surface area contributed by atoms with Crippen LogP contribution in [0.25, 0.3) is 43.8 Å². The fourth-order valence-electron chi connectivity index (χ4n) is 19.7. The van der Waals surface area contributed by atoms with Gasteiger partial charge in [0.25, 0.3) is 17.7 Å². The van der Waals surface area contributed by atoms with Gasteiger partial charge in [0.05, 0.1) is 34.1 Å². The number of hydrogen-bond donors (Lipinski definition) is 12. The summed E-state index contributed by atoms with van der Waals surface area (Å²) in [7, 11) is 0. The van der Waals surface area contributed by atoms with Crippen molar-refractivity contribution in [3.8, 4) is 33.4 Å². The molecule has 0 spiro atoms. The number of anilines is 6. The molecule has 13 N–H and O–H groups in total. The van der Waals surface area contributed by atoms with E-state index in [0.717, 1.165) is 100 Å². The second-order valence-electron chi connectivity index (χ2n) is 37.3. The van der Waals surface area contributed by atoms with Crippen LogP contribution in [0.4, 0.5) is 62.9 Å². The Bertz CT molecular complexity index is 6500. The monoisotopic (exact) mass is 1990 g/mol. The molecule has 10 aromatic rings. The lowest BCUT2D eigenvalue weighted by atomic mass is 9.81. The zero-order valence-electron chi connectivity index (χ0n) is 84.5. The highest BCUT2D eigenvalue weighted by molar-refractivity contribution is 6.05. The summed E-state index contributed by atoms with van der Waals surface area (Å²) < 4.78 is 17.4. The van der Waals surface area contributed by atoms with Crippen molar-refractivity contribution in [2.45, 2.75) is 220 Å². The first-order valence-corrected chi connectivity index (χ1v) is 49.7. The van der Waals surface area contributed by atoms with Crippen molar-refractivity contribution >= 4 is 123 Å². The second-order valence-corrected chi connectivity index (χ2v) is 37.3. The third-order valence-corrected chi connectivity index (χ3v) is 27.1. The number of amides is 12. The van der Waals surface area contributed by atoms with Gasteiger partial charge in [-0.2, -0.15) is 0 Å². The molecule has 10 aromatic carbocycles. The standard InChI is InChI=1S/C78H87N11O11.C36H40N4O7/c1-8-52-53(9-2)64(43-81-74(95)84-70-41-50(72(93)80-39-20-40-83-89-79)29-31-68(70)86-76(97)99-45-66-60-25-16-12-21-56(60)57-22-13-17-26-61(57)66)55(11-4)65(54(52)10-3)44-82-75(96)85-71-42-51(73(94)88-78(36-33-47(5)90,37-34-48(6)91)38-35-49(7)92)30-32-69(71)87-77(98)100-46-67-62-27-18-14-23-58(62)59-24-15-19-28-63(59)67;1-22(41)14-17-36(18-15-23(2)42,19-16-24(3)43)40-33(44)25-12-13-31(32(20-25)38-34(37)45)39-35(46)47-21-30-28-10-6-4-8-26(28)27-9-5-7-11-29(27)30/h12-19,21-32,41-42,66-67H,8-11,20,33-40,43-46H2,1-7H3,(H,80,93)(H,86,97)(H,87,98)(H,88,94)(H2,81,84,95)(H2,82,85,96);4-13,20,30H,14-19,21H2,1-3H3,(H,39,46)(H,40,44)(H3,37,38,45). The summed E-state index contributed by atoms with van der Waals surface area (Å²) >= 11 is 0. The van der Waals surface area contributed by atoms with Crippen LogP contribution in [0.3, 0.4) is 0 Å². The predicted molar refractivity (Wildman–Crippen MR) is 565 cm³/mol. The fourth-order valence-corrected chi connectivity index (χ4v) is 19.7. The van der Waals surface area contributed by atoms with Crippen LogP contribution in [0.1, 0.15) is 268 Å². The number of nitrogens with two attached hydrogens (primary N) is 1. The number of rotatable bonds is 47. The molecule has 13 rings (SSSR count). The number of carbonyl (C=O) groups is 15. The van der Waals surface area contributed by atoms with E-state index in [2.05, 4.69) is 75.4 Å². The van der Waals surface area contributed by atoms with Crippen LogP contribution in [-0.4, -0.2) is 133 Å². The van der Waals surface area contributed by atoms with E-state index in [4.69, 9.17) is 25.5 Å². The molecule has 0 aromatic heterocycles. The van der Waals surface area contributed by atoms with Crippen molar-refractivity contribution in [1.29, 1.82) is 0 Å². The van der Waals surface area contributed by atoms with Crippen LogP contribution in [-0.2, 0) is 81.8 Å². The van der Waals surface area contributed by atoms with E-state index in [-0.39, 0.29) is 226 Å². The lowest BCUT2D eigenvalue weighted by Gasteiger charge is -2.35. The van der Waals surface area contributed by atoms with E-state index in [1.54, 1.807) is 0 Å². The molecule has 0 atom stereocenters. The molecule has 0 radical (unpaired) electrons. The highest BCUT2D eigenvalue weighted by Gasteiger charge is 2.39. The highest BCUT2D eigenvalue weighted by Crippen LogP contribution is 2.49.